The number of rotatable bonds is 7. The van der Waals surface area contributed by atoms with Crippen LogP contribution in [0.3, 0.4) is 0 Å². The maximum atomic E-state index is 3.80. The second-order valence-corrected chi connectivity index (χ2v) is 5.40. The Labute approximate surface area is 107 Å². The van der Waals surface area contributed by atoms with Gasteiger partial charge in [0.1, 0.15) is 0 Å². The Bertz CT molecular complexity index is 308. The lowest BCUT2D eigenvalue weighted by Gasteiger charge is -2.12. The van der Waals surface area contributed by atoms with Crippen molar-refractivity contribution in [3.8, 4) is 0 Å². The van der Waals surface area contributed by atoms with Crippen LogP contribution < -0.4 is 5.32 Å². The molecular formula is C14H20BrN. The largest absolute Gasteiger partial charge is 0.312 e. The summed E-state index contributed by atoms with van der Waals surface area (Å²) >= 11 is 3.34. The lowest BCUT2D eigenvalue weighted by molar-refractivity contribution is 0.494. The molecule has 1 N–H and O–H groups in total. The van der Waals surface area contributed by atoms with Gasteiger partial charge in [-0.1, -0.05) is 59.8 Å². The Balaban J connectivity index is 2.15. The molecule has 0 aliphatic rings. The zero-order valence-corrected chi connectivity index (χ0v) is 11.5. The summed E-state index contributed by atoms with van der Waals surface area (Å²) in [4.78, 5) is 0. The molecule has 0 saturated heterocycles. The molecule has 1 aromatic carbocycles. The van der Waals surface area contributed by atoms with Crippen molar-refractivity contribution in [2.45, 2.75) is 19.8 Å². The highest BCUT2D eigenvalue weighted by Crippen LogP contribution is 2.08. The quantitative estimate of drug-likeness (QED) is 0.803. The van der Waals surface area contributed by atoms with E-state index in [-0.39, 0.29) is 0 Å². The molecule has 0 saturated carbocycles. The van der Waals surface area contributed by atoms with Gasteiger partial charge in [-0.25, -0.2) is 0 Å². The summed E-state index contributed by atoms with van der Waals surface area (Å²) in [5.74, 6) is 0.701. The zero-order valence-electron chi connectivity index (χ0n) is 9.88. The van der Waals surface area contributed by atoms with Gasteiger partial charge >= 0.3 is 0 Å². The monoisotopic (exact) mass is 281 g/mol. The third-order valence-electron chi connectivity index (χ3n) is 2.58. The van der Waals surface area contributed by atoms with E-state index < -0.39 is 0 Å². The van der Waals surface area contributed by atoms with Gasteiger partial charge in [-0.2, -0.15) is 0 Å². The summed E-state index contributed by atoms with van der Waals surface area (Å²) in [6, 6.07) is 10.7. The van der Waals surface area contributed by atoms with Crippen LogP contribution in [0.1, 0.15) is 18.9 Å². The predicted octanol–water partition coefficient (Wildman–Crippen LogP) is 3.75. The molecule has 88 valence electrons. The topological polar surface area (TPSA) is 12.0 Å². The summed E-state index contributed by atoms with van der Waals surface area (Å²) in [6.45, 7) is 7.99. The molecule has 0 spiro atoms. The molecule has 16 heavy (non-hydrogen) atoms. The Morgan fingerprint density at radius 2 is 2.06 bits per heavy atom. The normalized spacial score (nSPS) is 12.4. The van der Waals surface area contributed by atoms with E-state index in [2.05, 4.69) is 65.1 Å². The molecule has 0 radical (unpaired) electrons. The van der Waals surface area contributed by atoms with Crippen LogP contribution in [0.25, 0.3) is 0 Å². The van der Waals surface area contributed by atoms with Gasteiger partial charge in [-0.3, -0.25) is 0 Å². The van der Waals surface area contributed by atoms with E-state index in [0.717, 1.165) is 17.6 Å². The number of nitrogens with one attached hydrogen (secondary N) is 1. The summed E-state index contributed by atoms with van der Waals surface area (Å²) in [7, 11) is 0. The van der Waals surface area contributed by atoms with Gasteiger partial charge in [0.15, 0.2) is 0 Å². The highest BCUT2D eigenvalue weighted by Gasteiger charge is 2.02. The van der Waals surface area contributed by atoms with Crippen molar-refractivity contribution in [3.05, 3.63) is 47.0 Å². The van der Waals surface area contributed by atoms with Gasteiger partial charge in [-0.15, -0.1) is 0 Å². The second-order valence-electron chi connectivity index (χ2n) is 4.28. The first kappa shape index (κ1) is 13.5. The van der Waals surface area contributed by atoms with E-state index in [9.17, 15) is 0 Å². The standard InChI is InChI=1S/C14H20BrN/c1-12(10-16-11-13(2)15)8-9-14-6-4-3-5-7-14/h3-7,12,16H,2,8-11H2,1H3. The molecule has 2 heteroatoms. The van der Waals surface area contributed by atoms with E-state index in [0.29, 0.717) is 5.92 Å². The van der Waals surface area contributed by atoms with Crippen LogP contribution >= 0.6 is 15.9 Å². The van der Waals surface area contributed by atoms with Crippen molar-refractivity contribution in [2.75, 3.05) is 13.1 Å². The summed E-state index contributed by atoms with van der Waals surface area (Å²) < 4.78 is 1.02. The third-order valence-corrected chi connectivity index (χ3v) is 2.86. The molecule has 0 aliphatic heterocycles. The van der Waals surface area contributed by atoms with E-state index in [4.69, 9.17) is 0 Å². The third kappa shape index (κ3) is 6.09. The van der Waals surface area contributed by atoms with Crippen LogP contribution in [0.4, 0.5) is 0 Å². The average Bonchev–Trinajstić information content (AvgIpc) is 2.27. The minimum atomic E-state index is 0.701. The second kappa shape index (κ2) is 7.64. The number of hydrogen-bond donors (Lipinski definition) is 1. The number of hydrogen-bond acceptors (Lipinski definition) is 1. The van der Waals surface area contributed by atoms with Crippen molar-refractivity contribution in [1.82, 2.24) is 5.32 Å². The highest BCUT2D eigenvalue weighted by molar-refractivity contribution is 9.11. The van der Waals surface area contributed by atoms with Crippen LogP contribution in [0.2, 0.25) is 0 Å². The Morgan fingerprint density at radius 3 is 2.69 bits per heavy atom. The van der Waals surface area contributed by atoms with Crippen LogP contribution in [0, 0.1) is 5.92 Å². The van der Waals surface area contributed by atoms with Gasteiger partial charge in [0.25, 0.3) is 0 Å². The lowest BCUT2D eigenvalue weighted by Crippen LogP contribution is -2.22. The van der Waals surface area contributed by atoms with Crippen LogP contribution in [0.15, 0.2) is 41.4 Å². The van der Waals surface area contributed by atoms with Crippen LogP contribution in [0.5, 0.6) is 0 Å². The molecule has 1 nitrogen and oxygen atoms in total. The van der Waals surface area contributed by atoms with Gasteiger partial charge in [0, 0.05) is 11.0 Å². The average molecular weight is 282 g/mol. The smallest absolute Gasteiger partial charge is 0.0265 e. The predicted molar refractivity (Wildman–Crippen MR) is 74.9 cm³/mol. The Kier molecular flexibility index (Phi) is 6.43. The van der Waals surface area contributed by atoms with Gasteiger partial charge in [0.2, 0.25) is 0 Å². The number of halogens is 1. The lowest BCUT2D eigenvalue weighted by atomic mass is 10.0. The fourth-order valence-corrected chi connectivity index (χ4v) is 1.81. The molecule has 0 heterocycles. The molecule has 0 aliphatic carbocycles. The molecule has 1 atom stereocenters. The Morgan fingerprint density at radius 1 is 1.38 bits per heavy atom. The minimum absolute atomic E-state index is 0.701. The van der Waals surface area contributed by atoms with Crippen LogP contribution in [-0.2, 0) is 6.42 Å². The number of aryl methyl sites for hydroxylation is 1. The van der Waals surface area contributed by atoms with Crippen molar-refractivity contribution in [3.63, 3.8) is 0 Å². The van der Waals surface area contributed by atoms with E-state index in [1.165, 1.54) is 18.4 Å². The molecular weight excluding hydrogens is 262 g/mol. The Hall–Kier alpha value is -0.600. The SMILES string of the molecule is C=C(Br)CNCC(C)CCc1ccccc1. The maximum Gasteiger partial charge on any atom is 0.0265 e. The molecule has 0 amide bonds. The van der Waals surface area contributed by atoms with E-state index in [1.807, 2.05) is 0 Å². The first-order chi connectivity index (χ1) is 7.68. The van der Waals surface area contributed by atoms with E-state index in [1.54, 1.807) is 0 Å². The summed E-state index contributed by atoms with van der Waals surface area (Å²) in [5.41, 5.74) is 1.43. The molecule has 0 aromatic heterocycles. The molecule has 1 unspecified atom stereocenters. The molecule has 0 bridgehead atoms. The van der Waals surface area contributed by atoms with Crippen molar-refractivity contribution >= 4 is 15.9 Å². The van der Waals surface area contributed by atoms with Gasteiger partial charge in [0.05, 0.1) is 0 Å². The molecule has 1 aromatic rings. The summed E-state index contributed by atoms with van der Waals surface area (Å²) in [6.07, 6.45) is 2.39. The van der Waals surface area contributed by atoms with Gasteiger partial charge < -0.3 is 5.32 Å². The van der Waals surface area contributed by atoms with Crippen LogP contribution in [-0.4, -0.2) is 13.1 Å². The van der Waals surface area contributed by atoms with Gasteiger partial charge in [-0.05, 0) is 30.9 Å². The van der Waals surface area contributed by atoms with Crippen molar-refractivity contribution < 1.29 is 0 Å². The first-order valence-electron chi connectivity index (χ1n) is 5.76. The highest BCUT2D eigenvalue weighted by atomic mass is 79.9. The zero-order chi connectivity index (χ0) is 11.8. The van der Waals surface area contributed by atoms with E-state index >= 15 is 0 Å². The van der Waals surface area contributed by atoms with Crippen molar-refractivity contribution in [1.29, 1.82) is 0 Å². The fraction of sp³-hybridized carbons (Fsp3) is 0.429. The van der Waals surface area contributed by atoms with Crippen molar-refractivity contribution in [2.24, 2.45) is 5.92 Å². The number of benzene rings is 1. The first-order valence-corrected chi connectivity index (χ1v) is 6.55. The maximum absolute atomic E-state index is 3.80. The minimum Gasteiger partial charge on any atom is -0.312 e. The molecule has 1 rings (SSSR count). The fourth-order valence-electron chi connectivity index (χ4n) is 1.61. The molecule has 0 fully saturated rings. The summed E-state index contributed by atoms with van der Waals surface area (Å²) in [5, 5.41) is 3.37.